The summed E-state index contributed by atoms with van der Waals surface area (Å²) in [4.78, 5) is 0.354. The molecule has 0 bridgehead atoms. The van der Waals surface area contributed by atoms with Crippen LogP contribution in [0.25, 0.3) is 11.1 Å². The van der Waals surface area contributed by atoms with Gasteiger partial charge in [0.05, 0.1) is 4.90 Å². The van der Waals surface area contributed by atoms with Crippen LogP contribution in [0.4, 0.5) is 0 Å². The molecular formula is C13H11BrO2S. The molecule has 2 nitrogen and oxygen atoms in total. The summed E-state index contributed by atoms with van der Waals surface area (Å²) < 4.78 is 24.3. The topological polar surface area (TPSA) is 34.1 Å². The molecule has 0 amide bonds. The van der Waals surface area contributed by atoms with Gasteiger partial charge in [-0.25, -0.2) is 8.42 Å². The summed E-state index contributed by atoms with van der Waals surface area (Å²) >= 11 is 3.37. The van der Waals surface area contributed by atoms with Gasteiger partial charge in [0.2, 0.25) is 0 Å². The molecule has 2 rings (SSSR count). The van der Waals surface area contributed by atoms with Crippen LogP contribution in [0.3, 0.4) is 0 Å². The van der Waals surface area contributed by atoms with Crippen molar-refractivity contribution in [3.05, 3.63) is 53.0 Å². The first-order chi connectivity index (χ1) is 7.98. The SMILES string of the molecule is CS(=O)(=O)c1ccc(Br)cc1-c1ccccc1. The average Bonchev–Trinajstić information content (AvgIpc) is 2.28. The van der Waals surface area contributed by atoms with E-state index < -0.39 is 9.84 Å². The third-order valence-electron chi connectivity index (χ3n) is 2.43. The first-order valence-electron chi connectivity index (χ1n) is 5.03. The summed E-state index contributed by atoms with van der Waals surface area (Å²) in [5, 5.41) is 0. The van der Waals surface area contributed by atoms with Gasteiger partial charge >= 0.3 is 0 Å². The summed E-state index contributed by atoms with van der Waals surface area (Å²) in [6, 6.07) is 14.7. The minimum Gasteiger partial charge on any atom is -0.224 e. The molecule has 0 saturated heterocycles. The van der Waals surface area contributed by atoms with Crippen molar-refractivity contribution >= 4 is 25.8 Å². The van der Waals surface area contributed by atoms with Gasteiger partial charge in [0.1, 0.15) is 0 Å². The molecule has 2 aromatic rings. The molecule has 0 aliphatic heterocycles. The van der Waals surface area contributed by atoms with E-state index in [1.807, 2.05) is 36.4 Å². The minimum absolute atomic E-state index is 0.354. The van der Waals surface area contributed by atoms with E-state index in [0.717, 1.165) is 15.6 Å². The van der Waals surface area contributed by atoms with E-state index in [1.54, 1.807) is 12.1 Å². The molecule has 0 aromatic heterocycles. The van der Waals surface area contributed by atoms with E-state index >= 15 is 0 Å². The van der Waals surface area contributed by atoms with Gasteiger partial charge in [0, 0.05) is 16.3 Å². The van der Waals surface area contributed by atoms with Crippen LogP contribution >= 0.6 is 15.9 Å². The van der Waals surface area contributed by atoms with E-state index in [4.69, 9.17) is 0 Å². The molecule has 88 valence electrons. The van der Waals surface area contributed by atoms with Gasteiger partial charge in [0.15, 0.2) is 9.84 Å². The standard InChI is InChI=1S/C13H11BrO2S/c1-17(15,16)13-8-7-11(14)9-12(13)10-5-3-2-4-6-10/h2-9H,1H3. The lowest BCUT2D eigenvalue weighted by Gasteiger charge is -2.08. The Labute approximate surface area is 109 Å². The Morgan fingerprint density at radius 2 is 1.65 bits per heavy atom. The van der Waals surface area contributed by atoms with E-state index in [0.29, 0.717) is 4.90 Å². The van der Waals surface area contributed by atoms with Crippen molar-refractivity contribution in [3.8, 4) is 11.1 Å². The van der Waals surface area contributed by atoms with Gasteiger partial charge in [0.25, 0.3) is 0 Å². The lowest BCUT2D eigenvalue weighted by Crippen LogP contribution is -1.99. The number of halogens is 1. The lowest BCUT2D eigenvalue weighted by atomic mass is 10.1. The summed E-state index contributed by atoms with van der Waals surface area (Å²) in [5.41, 5.74) is 1.62. The maximum Gasteiger partial charge on any atom is 0.176 e. The fourth-order valence-corrected chi connectivity index (χ4v) is 2.92. The molecule has 0 atom stereocenters. The molecule has 0 aliphatic rings. The molecule has 0 radical (unpaired) electrons. The summed E-state index contributed by atoms with van der Waals surface area (Å²) in [6.07, 6.45) is 1.22. The molecule has 0 spiro atoms. The van der Waals surface area contributed by atoms with Crippen molar-refractivity contribution in [1.29, 1.82) is 0 Å². The smallest absolute Gasteiger partial charge is 0.176 e. The Morgan fingerprint density at radius 1 is 1.00 bits per heavy atom. The van der Waals surface area contributed by atoms with E-state index in [9.17, 15) is 8.42 Å². The predicted octanol–water partition coefficient (Wildman–Crippen LogP) is 3.52. The van der Waals surface area contributed by atoms with Crippen LogP contribution in [-0.4, -0.2) is 14.7 Å². The predicted molar refractivity (Wildman–Crippen MR) is 72.7 cm³/mol. The second-order valence-electron chi connectivity index (χ2n) is 3.78. The van der Waals surface area contributed by atoms with Crippen molar-refractivity contribution < 1.29 is 8.42 Å². The molecule has 0 saturated carbocycles. The van der Waals surface area contributed by atoms with Crippen molar-refractivity contribution in [3.63, 3.8) is 0 Å². The van der Waals surface area contributed by atoms with Crippen molar-refractivity contribution in [2.24, 2.45) is 0 Å². The zero-order valence-corrected chi connectivity index (χ0v) is 11.6. The maximum atomic E-state index is 11.7. The Morgan fingerprint density at radius 3 is 2.24 bits per heavy atom. The molecule has 0 unspecified atom stereocenters. The highest BCUT2D eigenvalue weighted by molar-refractivity contribution is 9.10. The first kappa shape index (κ1) is 12.3. The summed E-state index contributed by atoms with van der Waals surface area (Å²) in [5.74, 6) is 0. The van der Waals surface area contributed by atoms with Crippen LogP contribution in [0.1, 0.15) is 0 Å². The number of hydrogen-bond donors (Lipinski definition) is 0. The van der Waals surface area contributed by atoms with Crippen molar-refractivity contribution in [2.45, 2.75) is 4.90 Å². The number of benzene rings is 2. The number of rotatable bonds is 2. The summed E-state index contributed by atoms with van der Waals surface area (Å²) in [7, 11) is -3.22. The Bertz CT molecular complexity index is 634. The maximum absolute atomic E-state index is 11.7. The average molecular weight is 311 g/mol. The fourth-order valence-electron chi connectivity index (χ4n) is 1.67. The van der Waals surface area contributed by atoms with Crippen molar-refractivity contribution in [1.82, 2.24) is 0 Å². The molecule has 0 fully saturated rings. The molecule has 4 heteroatoms. The first-order valence-corrected chi connectivity index (χ1v) is 7.72. The van der Waals surface area contributed by atoms with Gasteiger partial charge in [-0.1, -0.05) is 46.3 Å². The molecule has 0 heterocycles. The monoisotopic (exact) mass is 310 g/mol. The van der Waals surface area contributed by atoms with Gasteiger partial charge in [-0.15, -0.1) is 0 Å². The zero-order chi connectivity index (χ0) is 12.5. The largest absolute Gasteiger partial charge is 0.224 e. The minimum atomic E-state index is -3.22. The lowest BCUT2D eigenvalue weighted by molar-refractivity contribution is 0.602. The molecule has 0 N–H and O–H groups in total. The van der Waals surface area contributed by atoms with Crippen LogP contribution in [0, 0.1) is 0 Å². The highest BCUT2D eigenvalue weighted by Crippen LogP contribution is 2.30. The quantitative estimate of drug-likeness (QED) is 0.850. The number of sulfone groups is 1. The summed E-state index contributed by atoms with van der Waals surface area (Å²) in [6.45, 7) is 0. The Kier molecular flexibility index (Phi) is 3.35. The molecule has 17 heavy (non-hydrogen) atoms. The van der Waals surface area contributed by atoms with Crippen molar-refractivity contribution in [2.75, 3.05) is 6.26 Å². The number of hydrogen-bond acceptors (Lipinski definition) is 2. The Hall–Kier alpha value is -1.13. The van der Waals surface area contributed by atoms with E-state index in [1.165, 1.54) is 6.26 Å². The van der Waals surface area contributed by atoms with Crippen LogP contribution in [0.5, 0.6) is 0 Å². The van der Waals surface area contributed by atoms with Gasteiger partial charge in [-0.2, -0.15) is 0 Å². The third kappa shape index (κ3) is 2.76. The fraction of sp³-hybridized carbons (Fsp3) is 0.0769. The van der Waals surface area contributed by atoms with Crippen LogP contribution < -0.4 is 0 Å². The van der Waals surface area contributed by atoms with Crippen LogP contribution in [-0.2, 0) is 9.84 Å². The second-order valence-corrected chi connectivity index (χ2v) is 6.68. The third-order valence-corrected chi connectivity index (χ3v) is 4.07. The van der Waals surface area contributed by atoms with Crippen LogP contribution in [0.15, 0.2) is 57.9 Å². The van der Waals surface area contributed by atoms with Gasteiger partial charge in [-0.05, 0) is 23.8 Å². The second kappa shape index (κ2) is 4.63. The molecule has 0 aliphatic carbocycles. The van der Waals surface area contributed by atoms with Crippen LogP contribution in [0.2, 0.25) is 0 Å². The zero-order valence-electron chi connectivity index (χ0n) is 9.22. The van der Waals surface area contributed by atoms with Gasteiger partial charge < -0.3 is 0 Å². The normalized spacial score (nSPS) is 11.4. The van der Waals surface area contributed by atoms with E-state index in [-0.39, 0.29) is 0 Å². The van der Waals surface area contributed by atoms with Gasteiger partial charge in [-0.3, -0.25) is 0 Å². The molecule has 2 aromatic carbocycles. The molecular weight excluding hydrogens is 300 g/mol. The Balaban J connectivity index is 2.72. The van der Waals surface area contributed by atoms with E-state index in [2.05, 4.69) is 15.9 Å². The highest BCUT2D eigenvalue weighted by atomic mass is 79.9. The highest BCUT2D eigenvalue weighted by Gasteiger charge is 2.14.